The van der Waals surface area contributed by atoms with Gasteiger partial charge in [-0.25, -0.2) is 4.39 Å². The number of benzene rings is 1. The first-order chi connectivity index (χ1) is 11.2. The molecule has 0 fully saturated rings. The summed E-state index contributed by atoms with van der Waals surface area (Å²) in [5.74, 6) is -0.528. The third kappa shape index (κ3) is 3.00. The van der Waals surface area contributed by atoms with Gasteiger partial charge in [0, 0.05) is 5.56 Å². The summed E-state index contributed by atoms with van der Waals surface area (Å²) in [5, 5.41) is 18.5. The zero-order chi connectivity index (χ0) is 16.2. The Balaban J connectivity index is 1.87. The first kappa shape index (κ1) is 15.0. The molecule has 118 valence electrons. The molecule has 0 bridgehead atoms. The van der Waals surface area contributed by atoms with Gasteiger partial charge in [-0.1, -0.05) is 12.1 Å². The fourth-order valence-corrected chi connectivity index (χ4v) is 2.26. The Bertz CT molecular complexity index is 799. The van der Waals surface area contributed by atoms with Gasteiger partial charge in [-0.15, -0.1) is 0 Å². The normalized spacial score (nSPS) is 12.1. The van der Waals surface area contributed by atoms with Crippen molar-refractivity contribution in [3.8, 4) is 11.3 Å². The van der Waals surface area contributed by atoms with E-state index in [-0.39, 0.29) is 23.4 Å². The van der Waals surface area contributed by atoms with Crippen LogP contribution in [0.25, 0.3) is 11.3 Å². The predicted octanol–water partition coefficient (Wildman–Crippen LogP) is 2.27. The third-order valence-electron chi connectivity index (χ3n) is 3.40. The van der Waals surface area contributed by atoms with E-state index in [4.69, 9.17) is 4.42 Å². The molecule has 1 atom stereocenters. The number of amides is 1. The van der Waals surface area contributed by atoms with E-state index in [1.54, 1.807) is 30.3 Å². The standard InChI is InChI=1S/C16H14FN3O3/c17-12-5-2-1-4-10(12)15-11(8-18-20-15)16(22)19-13(9-21)14-6-3-7-23-14/h1-8,13,21H,9H2,(H,18,20)(H,19,22). The quantitative estimate of drug-likeness (QED) is 0.673. The lowest BCUT2D eigenvalue weighted by molar-refractivity contribution is 0.0908. The van der Waals surface area contributed by atoms with Crippen LogP contribution in [0.15, 0.2) is 53.3 Å². The molecule has 0 spiro atoms. The van der Waals surface area contributed by atoms with Crippen molar-refractivity contribution in [3.63, 3.8) is 0 Å². The highest BCUT2D eigenvalue weighted by molar-refractivity contribution is 5.99. The summed E-state index contributed by atoms with van der Waals surface area (Å²) < 4.78 is 19.1. The molecule has 0 aliphatic rings. The van der Waals surface area contributed by atoms with Crippen LogP contribution in [0.1, 0.15) is 22.2 Å². The maximum Gasteiger partial charge on any atom is 0.255 e. The number of H-pyrrole nitrogens is 1. The average molecular weight is 315 g/mol. The van der Waals surface area contributed by atoms with Crippen molar-refractivity contribution in [3.05, 3.63) is 66.0 Å². The molecule has 3 aromatic rings. The van der Waals surface area contributed by atoms with Gasteiger partial charge in [-0.3, -0.25) is 9.89 Å². The summed E-state index contributed by atoms with van der Waals surface area (Å²) in [4.78, 5) is 12.4. The van der Waals surface area contributed by atoms with E-state index in [1.165, 1.54) is 18.5 Å². The van der Waals surface area contributed by atoms with Crippen LogP contribution in [-0.4, -0.2) is 27.8 Å². The van der Waals surface area contributed by atoms with Gasteiger partial charge < -0.3 is 14.8 Å². The number of rotatable bonds is 5. The monoisotopic (exact) mass is 315 g/mol. The number of aliphatic hydroxyl groups is 1. The summed E-state index contributed by atoms with van der Waals surface area (Å²) >= 11 is 0. The summed E-state index contributed by atoms with van der Waals surface area (Å²) in [6, 6.07) is 8.70. The molecular weight excluding hydrogens is 301 g/mol. The van der Waals surface area contributed by atoms with Crippen molar-refractivity contribution in [2.24, 2.45) is 0 Å². The molecule has 0 radical (unpaired) electrons. The Kier molecular flexibility index (Phi) is 4.20. The molecule has 0 aliphatic carbocycles. The number of halogens is 1. The molecule has 2 aromatic heterocycles. The maximum absolute atomic E-state index is 13.9. The van der Waals surface area contributed by atoms with Gasteiger partial charge in [0.15, 0.2) is 0 Å². The second kappa shape index (κ2) is 6.45. The Hall–Kier alpha value is -2.93. The number of nitrogens with zero attached hydrogens (tertiary/aromatic N) is 1. The van der Waals surface area contributed by atoms with Crippen molar-refractivity contribution in [1.29, 1.82) is 0 Å². The first-order valence-electron chi connectivity index (χ1n) is 6.94. The topological polar surface area (TPSA) is 91.2 Å². The molecule has 3 N–H and O–H groups in total. The van der Waals surface area contributed by atoms with Crippen LogP contribution in [0, 0.1) is 5.82 Å². The molecular formula is C16H14FN3O3. The van der Waals surface area contributed by atoms with Gasteiger partial charge in [0.1, 0.15) is 17.6 Å². The average Bonchev–Trinajstić information content (AvgIpc) is 3.24. The van der Waals surface area contributed by atoms with Crippen LogP contribution >= 0.6 is 0 Å². The van der Waals surface area contributed by atoms with Crippen molar-refractivity contribution in [2.45, 2.75) is 6.04 Å². The van der Waals surface area contributed by atoms with Gasteiger partial charge in [0.05, 0.1) is 30.3 Å². The lowest BCUT2D eigenvalue weighted by atomic mass is 10.1. The lowest BCUT2D eigenvalue weighted by Crippen LogP contribution is -2.30. The second-order valence-corrected chi connectivity index (χ2v) is 4.86. The number of hydrogen-bond donors (Lipinski definition) is 3. The van der Waals surface area contributed by atoms with Crippen molar-refractivity contribution < 1.29 is 18.7 Å². The molecule has 1 aromatic carbocycles. The SMILES string of the molecule is O=C(NC(CO)c1ccco1)c1cn[nH]c1-c1ccccc1F. The smallest absolute Gasteiger partial charge is 0.255 e. The van der Waals surface area contributed by atoms with Crippen LogP contribution in [0.4, 0.5) is 4.39 Å². The molecule has 3 rings (SSSR count). The van der Waals surface area contributed by atoms with Gasteiger partial charge in [0.25, 0.3) is 5.91 Å². The van der Waals surface area contributed by atoms with Crippen LogP contribution in [-0.2, 0) is 0 Å². The van der Waals surface area contributed by atoms with E-state index in [1.807, 2.05) is 0 Å². The van der Waals surface area contributed by atoms with E-state index in [2.05, 4.69) is 15.5 Å². The largest absolute Gasteiger partial charge is 0.467 e. The Morgan fingerprint density at radius 2 is 2.17 bits per heavy atom. The van der Waals surface area contributed by atoms with Crippen molar-refractivity contribution in [1.82, 2.24) is 15.5 Å². The fourth-order valence-electron chi connectivity index (χ4n) is 2.26. The Labute approximate surface area is 131 Å². The lowest BCUT2D eigenvalue weighted by Gasteiger charge is -2.14. The van der Waals surface area contributed by atoms with Crippen LogP contribution in [0.3, 0.4) is 0 Å². The number of aromatic nitrogens is 2. The van der Waals surface area contributed by atoms with Crippen LogP contribution < -0.4 is 5.32 Å². The maximum atomic E-state index is 13.9. The third-order valence-corrected chi connectivity index (χ3v) is 3.40. The number of furan rings is 1. The fraction of sp³-hybridized carbons (Fsp3) is 0.125. The van der Waals surface area contributed by atoms with E-state index < -0.39 is 17.8 Å². The molecule has 7 heteroatoms. The van der Waals surface area contributed by atoms with Crippen molar-refractivity contribution >= 4 is 5.91 Å². The number of aromatic amines is 1. The number of hydrogen-bond acceptors (Lipinski definition) is 4. The number of carbonyl (C=O) groups is 1. The van der Waals surface area contributed by atoms with Crippen molar-refractivity contribution in [2.75, 3.05) is 6.61 Å². The van der Waals surface area contributed by atoms with Gasteiger partial charge in [0.2, 0.25) is 0 Å². The molecule has 1 amide bonds. The molecule has 0 saturated carbocycles. The van der Waals surface area contributed by atoms with Crippen LogP contribution in [0.2, 0.25) is 0 Å². The minimum absolute atomic E-state index is 0.181. The van der Waals surface area contributed by atoms with Gasteiger partial charge in [-0.05, 0) is 24.3 Å². The highest BCUT2D eigenvalue weighted by atomic mass is 19.1. The highest BCUT2D eigenvalue weighted by Gasteiger charge is 2.22. The number of carbonyl (C=O) groups excluding carboxylic acids is 1. The number of nitrogens with one attached hydrogen (secondary N) is 2. The minimum Gasteiger partial charge on any atom is -0.467 e. The van der Waals surface area contributed by atoms with E-state index >= 15 is 0 Å². The van der Waals surface area contributed by atoms with Crippen LogP contribution in [0.5, 0.6) is 0 Å². The molecule has 23 heavy (non-hydrogen) atoms. The Morgan fingerprint density at radius 1 is 1.35 bits per heavy atom. The first-order valence-corrected chi connectivity index (χ1v) is 6.94. The summed E-state index contributed by atoms with van der Waals surface area (Å²) in [6.45, 7) is -0.327. The van der Waals surface area contributed by atoms with E-state index in [0.717, 1.165) is 0 Å². The highest BCUT2D eigenvalue weighted by Crippen LogP contribution is 2.24. The molecule has 0 saturated heterocycles. The van der Waals surface area contributed by atoms with E-state index in [0.29, 0.717) is 5.76 Å². The molecule has 0 aliphatic heterocycles. The molecule has 1 unspecified atom stereocenters. The van der Waals surface area contributed by atoms with Gasteiger partial charge >= 0.3 is 0 Å². The predicted molar refractivity (Wildman–Crippen MR) is 80.0 cm³/mol. The van der Waals surface area contributed by atoms with E-state index in [9.17, 15) is 14.3 Å². The summed E-state index contributed by atoms with van der Waals surface area (Å²) in [6.07, 6.45) is 2.76. The zero-order valence-corrected chi connectivity index (χ0v) is 12.0. The molecule has 2 heterocycles. The Morgan fingerprint density at radius 3 is 2.87 bits per heavy atom. The molecule has 6 nitrogen and oxygen atoms in total. The zero-order valence-electron chi connectivity index (χ0n) is 12.0. The number of aliphatic hydroxyl groups excluding tert-OH is 1. The summed E-state index contributed by atoms with van der Waals surface area (Å²) in [5.41, 5.74) is 0.700. The second-order valence-electron chi connectivity index (χ2n) is 4.86. The summed E-state index contributed by atoms with van der Waals surface area (Å²) in [7, 11) is 0. The van der Waals surface area contributed by atoms with Gasteiger partial charge in [-0.2, -0.15) is 5.10 Å². The minimum atomic E-state index is -0.694.